The maximum atomic E-state index is 13.6. The van der Waals surface area contributed by atoms with Gasteiger partial charge in [0.25, 0.3) is 0 Å². The fraction of sp³-hybridized carbons (Fsp3) is 0.250. The van der Waals surface area contributed by atoms with E-state index in [4.69, 9.17) is 11.6 Å². The van der Waals surface area contributed by atoms with Gasteiger partial charge < -0.3 is 0 Å². The minimum absolute atomic E-state index is 0.0161. The third-order valence-corrected chi connectivity index (χ3v) is 4.03. The van der Waals surface area contributed by atoms with Crippen LogP contribution in [-0.2, 0) is 6.18 Å². The van der Waals surface area contributed by atoms with Crippen LogP contribution in [0, 0.1) is 19.7 Å². The molecule has 0 N–H and O–H groups in total. The summed E-state index contributed by atoms with van der Waals surface area (Å²) in [5.41, 5.74) is -0.932. The van der Waals surface area contributed by atoms with E-state index in [0.29, 0.717) is 5.56 Å². The van der Waals surface area contributed by atoms with Crippen molar-refractivity contribution in [1.82, 2.24) is 4.98 Å². The van der Waals surface area contributed by atoms with Gasteiger partial charge in [-0.25, -0.2) is 9.37 Å². The first-order chi connectivity index (χ1) is 8.64. The summed E-state index contributed by atoms with van der Waals surface area (Å²) in [6.07, 6.45) is -4.60. The molecule has 0 aliphatic carbocycles. The van der Waals surface area contributed by atoms with Crippen molar-refractivity contribution in [2.75, 3.05) is 0 Å². The third kappa shape index (κ3) is 2.31. The first-order valence-electron chi connectivity index (χ1n) is 5.16. The molecule has 0 amide bonds. The van der Waals surface area contributed by atoms with Crippen molar-refractivity contribution in [3.63, 3.8) is 0 Å². The van der Waals surface area contributed by atoms with Gasteiger partial charge in [-0.15, -0.1) is 0 Å². The molecule has 0 radical (unpaired) electrons. The van der Waals surface area contributed by atoms with Gasteiger partial charge in [-0.1, -0.05) is 11.6 Å². The van der Waals surface area contributed by atoms with E-state index in [1.807, 2.05) is 0 Å². The van der Waals surface area contributed by atoms with Gasteiger partial charge in [0.1, 0.15) is 11.5 Å². The van der Waals surface area contributed by atoms with Crippen LogP contribution in [0.25, 0.3) is 10.9 Å². The number of aryl methyl sites for hydroxylation is 1. The lowest BCUT2D eigenvalue weighted by Gasteiger charge is -2.15. The number of alkyl halides is 3. The molecule has 0 bridgehead atoms. The molecule has 1 aromatic carbocycles. The van der Waals surface area contributed by atoms with E-state index >= 15 is 0 Å². The minimum atomic E-state index is -4.60. The zero-order valence-electron chi connectivity index (χ0n) is 9.79. The summed E-state index contributed by atoms with van der Waals surface area (Å²) >= 11 is 8.94. The molecule has 0 unspecified atom stereocenters. The van der Waals surface area contributed by atoms with Crippen molar-refractivity contribution >= 4 is 38.4 Å². The number of pyridine rings is 1. The number of benzene rings is 1. The normalized spacial score (nSPS) is 12.2. The third-order valence-electron chi connectivity index (χ3n) is 2.78. The quantitative estimate of drug-likeness (QED) is 0.574. The second kappa shape index (κ2) is 4.59. The van der Waals surface area contributed by atoms with E-state index in [1.54, 1.807) is 0 Å². The van der Waals surface area contributed by atoms with Gasteiger partial charge in [0.05, 0.1) is 15.0 Å². The van der Waals surface area contributed by atoms with E-state index in [9.17, 15) is 17.6 Å². The van der Waals surface area contributed by atoms with E-state index in [0.717, 1.165) is 6.07 Å². The van der Waals surface area contributed by atoms with Gasteiger partial charge in [-0.2, -0.15) is 13.2 Å². The number of hydrogen-bond donors (Lipinski definition) is 0. The molecule has 0 saturated heterocycles. The Morgan fingerprint density at radius 3 is 2.37 bits per heavy atom. The number of hydrogen-bond acceptors (Lipinski definition) is 1. The second-order valence-corrected chi connectivity index (χ2v) is 5.28. The van der Waals surface area contributed by atoms with Crippen LogP contribution in [0.15, 0.2) is 10.5 Å². The van der Waals surface area contributed by atoms with Crippen molar-refractivity contribution in [1.29, 1.82) is 0 Å². The Bertz CT molecular complexity index is 682. The largest absolute Gasteiger partial charge is 0.433 e. The molecular weight excluding hydrogens is 349 g/mol. The van der Waals surface area contributed by atoms with Crippen molar-refractivity contribution in [2.45, 2.75) is 20.0 Å². The van der Waals surface area contributed by atoms with Gasteiger partial charge in [0.2, 0.25) is 0 Å². The fourth-order valence-electron chi connectivity index (χ4n) is 1.85. The van der Waals surface area contributed by atoms with Crippen molar-refractivity contribution in [2.24, 2.45) is 0 Å². The second-order valence-electron chi connectivity index (χ2n) is 4.11. The van der Waals surface area contributed by atoms with Gasteiger partial charge in [0.15, 0.2) is 0 Å². The van der Waals surface area contributed by atoms with Crippen molar-refractivity contribution in [3.05, 3.63) is 38.2 Å². The van der Waals surface area contributed by atoms with E-state index < -0.39 is 17.7 Å². The lowest BCUT2D eigenvalue weighted by Crippen LogP contribution is -2.11. The molecule has 7 heteroatoms. The SMILES string of the molecule is Cc1c(C(F)(F)F)nc2c(C)cc(F)c(Br)c2c1Cl. The fourth-order valence-corrected chi connectivity index (χ4v) is 2.74. The Kier molecular flexibility index (Phi) is 3.51. The molecule has 0 saturated carbocycles. The summed E-state index contributed by atoms with van der Waals surface area (Å²) in [6.45, 7) is 2.70. The van der Waals surface area contributed by atoms with Crippen LogP contribution >= 0.6 is 27.5 Å². The number of rotatable bonds is 0. The summed E-state index contributed by atoms with van der Waals surface area (Å²) in [4.78, 5) is 3.60. The van der Waals surface area contributed by atoms with E-state index in [1.165, 1.54) is 13.8 Å². The van der Waals surface area contributed by atoms with E-state index in [2.05, 4.69) is 20.9 Å². The predicted molar refractivity (Wildman–Crippen MR) is 68.9 cm³/mol. The smallest absolute Gasteiger partial charge is 0.243 e. The Hall–Kier alpha value is -0.880. The summed E-state index contributed by atoms with van der Waals surface area (Å²) < 4.78 is 52.2. The molecule has 1 nitrogen and oxygen atoms in total. The first kappa shape index (κ1) is 14.5. The van der Waals surface area contributed by atoms with Crippen LogP contribution in [-0.4, -0.2) is 4.98 Å². The highest BCUT2D eigenvalue weighted by Gasteiger charge is 2.36. The Morgan fingerprint density at radius 1 is 1.26 bits per heavy atom. The molecule has 2 rings (SSSR count). The number of fused-ring (bicyclic) bond motifs is 1. The molecular formula is C12H7BrClF4N. The lowest BCUT2D eigenvalue weighted by atomic mass is 10.1. The van der Waals surface area contributed by atoms with Crippen molar-refractivity contribution < 1.29 is 17.6 Å². The standard InChI is InChI=1S/C12H7BrClF4N/c1-4-3-6(15)8(13)7-9(14)5(2)11(12(16,17)18)19-10(4)7/h3H,1-2H3. The predicted octanol–water partition coefficient (Wildman–Crippen LogP) is 5.43. The maximum absolute atomic E-state index is 13.6. The van der Waals surface area contributed by atoms with Crippen LogP contribution in [0.3, 0.4) is 0 Å². The average molecular weight is 357 g/mol. The van der Waals surface area contributed by atoms with Crippen LogP contribution < -0.4 is 0 Å². The zero-order chi connectivity index (χ0) is 14.5. The van der Waals surface area contributed by atoms with Gasteiger partial charge in [-0.05, 0) is 47.0 Å². The minimum Gasteiger partial charge on any atom is -0.243 e. The highest BCUT2D eigenvalue weighted by molar-refractivity contribution is 9.10. The number of aromatic nitrogens is 1. The average Bonchev–Trinajstić information content (AvgIpc) is 2.28. The Morgan fingerprint density at radius 2 is 1.84 bits per heavy atom. The molecule has 102 valence electrons. The van der Waals surface area contributed by atoms with Gasteiger partial charge in [0, 0.05) is 5.39 Å². The molecule has 0 aliphatic heterocycles. The lowest BCUT2D eigenvalue weighted by molar-refractivity contribution is -0.141. The number of halogens is 6. The van der Waals surface area contributed by atoms with Crippen LogP contribution in [0.5, 0.6) is 0 Å². The number of nitrogens with zero attached hydrogens (tertiary/aromatic N) is 1. The van der Waals surface area contributed by atoms with Crippen molar-refractivity contribution in [3.8, 4) is 0 Å². The molecule has 1 aromatic heterocycles. The summed E-state index contributed by atoms with van der Waals surface area (Å²) in [5.74, 6) is -0.590. The summed E-state index contributed by atoms with van der Waals surface area (Å²) in [7, 11) is 0. The highest BCUT2D eigenvalue weighted by Crippen LogP contribution is 2.40. The molecule has 0 spiro atoms. The molecule has 2 aromatic rings. The summed E-state index contributed by atoms with van der Waals surface area (Å²) in [6, 6.07) is 1.12. The highest BCUT2D eigenvalue weighted by atomic mass is 79.9. The molecule has 0 aliphatic rings. The molecule has 19 heavy (non-hydrogen) atoms. The first-order valence-corrected chi connectivity index (χ1v) is 6.33. The monoisotopic (exact) mass is 355 g/mol. The molecule has 1 heterocycles. The maximum Gasteiger partial charge on any atom is 0.433 e. The van der Waals surface area contributed by atoms with Gasteiger partial charge >= 0.3 is 6.18 Å². The Balaban J connectivity index is 3.01. The van der Waals surface area contributed by atoms with Crippen LogP contribution in [0.2, 0.25) is 5.02 Å². The summed E-state index contributed by atoms with van der Waals surface area (Å²) in [5, 5.41) is 0.0106. The van der Waals surface area contributed by atoms with Crippen LogP contribution in [0.1, 0.15) is 16.8 Å². The molecule has 0 atom stereocenters. The van der Waals surface area contributed by atoms with E-state index in [-0.39, 0.29) is 26.0 Å². The van der Waals surface area contributed by atoms with Crippen LogP contribution in [0.4, 0.5) is 17.6 Å². The molecule has 0 fully saturated rings. The van der Waals surface area contributed by atoms with Gasteiger partial charge in [-0.3, -0.25) is 0 Å². The zero-order valence-corrected chi connectivity index (χ0v) is 12.1. The topological polar surface area (TPSA) is 12.9 Å². The Labute approximate surface area is 119 Å².